The molecular weight excluding hydrogens is 148 g/mol. The lowest BCUT2D eigenvalue weighted by Crippen LogP contribution is -2.07. The summed E-state index contributed by atoms with van der Waals surface area (Å²) in [6, 6.07) is 8.25. The molecule has 0 bridgehead atoms. The summed E-state index contributed by atoms with van der Waals surface area (Å²) in [6.45, 7) is 4.89. The highest BCUT2D eigenvalue weighted by Crippen LogP contribution is 2.22. The van der Waals surface area contributed by atoms with Gasteiger partial charge in [0.25, 0.3) is 0 Å². The molecule has 0 spiro atoms. The van der Waals surface area contributed by atoms with Gasteiger partial charge in [0.15, 0.2) is 0 Å². The number of benzene rings is 1. The predicted octanol–water partition coefficient (Wildman–Crippen LogP) is 3.04. The summed E-state index contributed by atoms with van der Waals surface area (Å²) in [5.41, 5.74) is 1.36. The van der Waals surface area contributed by atoms with Crippen molar-refractivity contribution in [3.05, 3.63) is 29.8 Å². The van der Waals surface area contributed by atoms with Gasteiger partial charge < -0.3 is 4.74 Å². The maximum Gasteiger partial charge on any atom is 0.122 e. The molecule has 1 nitrogen and oxygen atoms in total. The third kappa shape index (κ3) is 2.00. The summed E-state index contributed by atoms with van der Waals surface area (Å²) in [6.07, 6.45) is 2.34. The van der Waals surface area contributed by atoms with Crippen molar-refractivity contribution in [2.45, 2.75) is 26.7 Å². The van der Waals surface area contributed by atoms with Gasteiger partial charge in [0, 0.05) is 0 Å². The van der Waals surface area contributed by atoms with Crippen LogP contribution in [-0.4, -0.2) is 6.61 Å². The van der Waals surface area contributed by atoms with Crippen LogP contribution in [0.25, 0.3) is 0 Å². The van der Waals surface area contributed by atoms with Crippen LogP contribution in [0.2, 0.25) is 0 Å². The molecule has 0 saturated heterocycles. The molecule has 0 aromatic heterocycles. The second-order valence-corrected chi connectivity index (χ2v) is 2.56. The molecule has 1 aliphatic heterocycles. The standard InChI is InChI=1S/C9H10O.C2H6/c1-2-6-9-8(4-1)5-3-7-10-9;1-2/h1-2,4,6H,3,5,7H2;1-2H3. The first-order chi connectivity index (χ1) is 5.97. The maximum absolute atomic E-state index is 5.42. The van der Waals surface area contributed by atoms with Crippen LogP contribution in [0.4, 0.5) is 0 Å². The Hall–Kier alpha value is -0.980. The first kappa shape index (κ1) is 9.11. The molecule has 1 heterocycles. The van der Waals surface area contributed by atoms with Crippen LogP contribution in [0.5, 0.6) is 5.75 Å². The van der Waals surface area contributed by atoms with Crippen molar-refractivity contribution in [2.24, 2.45) is 0 Å². The average Bonchev–Trinajstić information content (AvgIpc) is 2.21. The van der Waals surface area contributed by atoms with E-state index in [4.69, 9.17) is 4.74 Å². The number of ether oxygens (including phenoxy) is 1. The zero-order chi connectivity index (χ0) is 8.81. The number of aryl methyl sites for hydroxylation is 1. The lowest BCUT2D eigenvalue weighted by atomic mass is 10.1. The molecule has 0 N–H and O–H groups in total. The minimum atomic E-state index is 0.886. The molecule has 1 aliphatic rings. The SMILES string of the molecule is CC.c1ccc2c(c1)CCCO2. The van der Waals surface area contributed by atoms with Crippen molar-refractivity contribution in [1.82, 2.24) is 0 Å². The fourth-order valence-electron chi connectivity index (χ4n) is 1.30. The minimum Gasteiger partial charge on any atom is -0.493 e. The summed E-state index contributed by atoms with van der Waals surface area (Å²) in [5, 5.41) is 0. The molecular formula is C11H16O. The van der Waals surface area contributed by atoms with E-state index in [9.17, 15) is 0 Å². The number of hydrogen-bond acceptors (Lipinski definition) is 1. The average molecular weight is 164 g/mol. The van der Waals surface area contributed by atoms with Gasteiger partial charge in [-0.15, -0.1) is 0 Å². The Kier molecular flexibility index (Phi) is 3.65. The summed E-state index contributed by atoms with van der Waals surface area (Å²) < 4.78 is 5.42. The van der Waals surface area contributed by atoms with E-state index in [1.807, 2.05) is 26.0 Å². The Labute approximate surface area is 74.4 Å². The lowest BCUT2D eigenvalue weighted by molar-refractivity contribution is 0.288. The van der Waals surface area contributed by atoms with Crippen molar-refractivity contribution in [3.8, 4) is 5.75 Å². The normalized spacial score (nSPS) is 13.5. The fourth-order valence-corrected chi connectivity index (χ4v) is 1.30. The quantitative estimate of drug-likeness (QED) is 0.572. The molecule has 0 radical (unpaired) electrons. The van der Waals surface area contributed by atoms with Crippen LogP contribution in [0.15, 0.2) is 24.3 Å². The Morgan fingerprint density at radius 1 is 1.17 bits per heavy atom. The molecule has 0 aliphatic carbocycles. The number of para-hydroxylation sites is 1. The van der Waals surface area contributed by atoms with Crippen molar-refractivity contribution >= 4 is 0 Å². The Morgan fingerprint density at radius 2 is 1.92 bits per heavy atom. The van der Waals surface area contributed by atoms with Gasteiger partial charge in [0.2, 0.25) is 0 Å². The molecule has 12 heavy (non-hydrogen) atoms. The highest BCUT2D eigenvalue weighted by atomic mass is 16.5. The van der Waals surface area contributed by atoms with E-state index in [2.05, 4.69) is 12.1 Å². The molecule has 66 valence electrons. The predicted molar refractivity (Wildman–Crippen MR) is 51.6 cm³/mol. The maximum atomic E-state index is 5.42. The van der Waals surface area contributed by atoms with Crippen molar-refractivity contribution < 1.29 is 4.74 Å². The van der Waals surface area contributed by atoms with Gasteiger partial charge in [0.05, 0.1) is 6.61 Å². The van der Waals surface area contributed by atoms with Crippen molar-refractivity contribution in [1.29, 1.82) is 0 Å². The monoisotopic (exact) mass is 164 g/mol. The fraction of sp³-hybridized carbons (Fsp3) is 0.455. The Balaban J connectivity index is 0.000000336. The van der Waals surface area contributed by atoms with E-state index in [1.54, 1.807) is 0 Å². The second-order valence-electron chi connectivity index (χ2n) is 2.56. The first-order valence-corrected chi connectivity index (χ1v) is 4.67. The lowest BCUT2D eigenvalue weighted by Gasteiger charge is -2.15. The molecule has 1 heteroatoms. The molecule has 0 fully saturated rings. The minimum absolute atomic E-state index is 0.886. The van der Waals surface area contributed by atoms with E-state index in [1.165, 1.54) is 12.0 Å². The number of rotatable bonds is 0. The van der Waals surface area contributed by atoms with Gasteiger partial charge in [-0.25, -0.2) is 0 Å². The highest BCUT2D eigenvalue weighted by molar-refractivity contribution is 5.34. The Morgan fingerprint density at radius 3 is 2.67 bits per heavy atom. The van der Waals surface area contributed by atoms with Crippen LogP contribution >= 0.6 is 0 Å². The summed E-state index contributed by atoms with van der Waals surface area (Å²) in [5.74, 6) is 1.08. The van der Waals surface area contributed by atoms with Crippen molar-refractivity contribution in [3.63, 3.8) is 0 Å². The molecule has 1 aromatic rings. The summed E-state index contributed by atoms with van der Waals surface area (Å²) in [4.78, 5) is 0. The molecule has 1 aromatic carbocycles. The van der Waals surface area contributed by atoms with Gasteiger partial charge in [0.1, 0.15) is 5.75 Å². The van der Waals surface area contributed by atoms with E-state index in [-0.39, 0.29) is 0 Å². The van der Waals surface area contributed by atoms with Crippen LogP contribution in [0.3, 0.4) is 0 Å². The first-order valence-electron chi connectivity index (χ1n) is 4.67. The molecule has 2 rings (SSSR count). The van der Waals surface area contributed by atoms with Crippen LogP contribution in [-0.2, 0) is 6.42 Å². The molecule has 0 saturated carbocycles. The third-order valence-electron chi connectivity index (χ3n) is 1.82. The zero-order valence-corrected chi connectivity index (χ0v) is 7.84. The van der Waals surface area contributed by atoms with Gasteiger partial charge in [-0.3, -0.25) is 0 Å². The van der Waals surface area contributed by atoms with Crippen molar-refractivity contribution in [2.75, 3.05) is 6.61 Å². The van der Waals surface area contributed by atoms with Gasteiger partial charge in [-0.2, -0.15) is 0 Å². The zero-order valence-electron chi connectivity index (χ0n) is 7.84. The van der Waals surface area contributed by atoms with E-state index in [0.29, 0.717) is 0 Å². The van der Waals surface area contributed by atoms with Gasteiger partial charge >= 0.3 is 0 Å². The Bertz CT molecular complexity index is 205. The summed E-state index contributed by atoms with van der Waals surface area (Å²) in [7, 11) is 0. The van der Waals surface area contributed by atoms with Crippen LogP contribution in [0.1, 0.15) is 25.8 Å². The topological polar surface area (TPSA) is 9.23 Å². The highest BCUT2D eigenvalue weighted by Gasteiger charge is 2.06. The van der Waals surface area contributed by atoms with E-state index < -0.39 is 0 Å². The van der Waals surface area contributed by atoms with E-state index >= 15 is 0 Å². The van der Waals surface area contributed by atoms with Crippen LogP contribution < -0.4 is 4.74 Å². The van der Waals surface area contributed by atoms with Crippen LogP contribution in [0, 0.1) is 0 Å². The third-order valence-corrected chi connectivity index (χ3v) is 1.82. The molecule has 0 amide bonds. The van der Waals surface area contributed by atoms with E-state index in [0.717, 1.165) is 18.8 Å². The smallest absolute Gasteiger partial charge is 0.122 e. The van der Waals surface area contributed by atoms with Gasteiger partial charge in [-0.1, -0.05) is 32.0 Å². The van der Waals surface area contributed by atoms with Gasteiger partial charge in [-0.05, 0) is 24.5 Å². The second kappa shape index (κ2) is 4.81. The molecule has 0 atom stereocenters. The number of hydrogen-bond donors (Lipinski definition) is 0. The number of fused-ring (bicyclic) bond motifs is 1. The molecule has 0 unspecified atom stereocenters. The largest absolute Gasteiger partial charge is 0.493 e. The summed E-state index contributed by atoms with van der Waals surface area (Å²) >= 11 is 0.